The van der Waals surface area contributed by atoms with Gasteiger partial charge in [0.05, 0.1) is 29.3 Å². The van der Waals surface area contributed by atoms with Crippen molar-refractivity contribution in [3.8, 4) is 0 Å². The predicted molar refractivity (Wildman–Crippen MR) is 122 cm³/mol. The molecule has 2 heterocycles. The van der Waals surface area contributed by atoms with Crippen molar-refractivity contribution in [3.63, 3.8) is 0 Å². The molecule has 156 valence electrons. The van der Waals surface area contributed by atoms with Crippen molar-refractivity contribution >= 4 is 46.5 Å². The number of para-hydroxylation sites is 4. The van der Waals surface area contributed by atoms with Gasteiger partial charge in [0, 0.05) is 22.8 Å². The maximum absolute atomic E-state index is 12.9. The molecule has 1 N–H and O–H groups in total. The van der Waals surface area contributed by atoms with Crippen molar-refractivity contribution in [1.29, 1.82) is 0 Å². The first-order chi connectivity index (χ1) is 15.2. The monoisotopic (exact) mass is 431 g/mol. The maximum atomic E-state index is 12.9. The number of benzene rings is 3. The fourth-order valence-electron chi connectivity index (χ4n) is 3.88. The molecule has 2 amide bonds. The number of anilines is 4. The Labute approximate surface area is 184 Å². The zero-order valence-corrected chi connectivity index (χ0v) is 17.6. The Morgan fingerprint density at radius 2 is 1.52 bits per heavy atom. The molecule has 1 saturated heterocycles. The van der Waals surface area contributed by atoms with E-state index >= 15 is 0 Å². The van der Waals surface area contributed by atoms with Crippen LogP contribution in [0.1, 0.15) is 6.42 Å². The van der Waals surface area contributed by atoms with E-state index in [9.17, 15) is 9.59 Å². The van der Waals surface area contributed by atoms with Gasteiger partial charge in [-0.05, 0) is 36.4 Å². The molecular weight excluding hydrogens is 410 g/mol. The third-order valence-electron chi connectivity index (χ3n) is 5.32. The van der Waals surface area contributed by atoms with Gasteiger partial charge in [0.25, 0.3) is 0 Å². The van der Waals surface area contributed by atoms with Gasteiger partial charge in [-0.3, -0.25) is 9.69 Å². The van der Waals surface area contributed by atoms with Crippen LogP contribution in [0.3, 0.4) is 0 Å². The first kappa shape index (κ1) is 19.5. The van der Waals surface area contributed by atoms with Gasteiger partial charge in [-0.1, -0.05) is 48.2 Å². The van der Waals surface area contributed by atoms with Crippen LogP contribution in [0, 0.1) is 0 Å². The summed E-state index contributed by atoms with van der Waals surface area (Å²) in [6.45, 7) is 1.38. The highest BCUT2D eigenvalue weighted by molar-refractivity contribution is 7.99. The molecule has 2 aliphatic rings. The van der Waals surface area contributed by atoms with E-state index in [1.54, 1.807) is 22.7 Å². The maximum Gasteiger partial charge on any atom is 0.414 e. The number of hydrogen-bond acceptors (Lipinski definition) is 5. The minimum atomic E-state index is -0.388. The summed E-state index contributed by atoms with van der Waals surface area (Å²) in [6.07, 6.45) is -0.0766. The first-order valence-electron chi connectivity index (χ1n) is 10.2. The lowest BCUT2D eigenvalue weighted by Crippen LogP contribution is -2.27. The summed E-state index contributed by atoms with van der Waals surface area (Å²) < 4.78 is 5.04. The van der Waals surface area contributed by atoms with Crippen LogP contribution in [-0.2, 0) is 9.53 Å². The van der Waals surface area contributed by atoms with E-state index in [0.717, 1.165) is 11.4 Å². The molecule has 0 unspecified atom stereocenters. The summed E-state index contributed by atoms with van der Waals surface area (Å²) >= 11 is 1.75. The van der Waals surface area contributed by atoms with E-state index in [1.807, 2.05) is 42.5 Å². The number of carbonyl (C=O) groups is 2. The second-order valence-electron chi connectivity index (χ2n) is 7.27. The molecule has 3 aromatic carbocycles. The third kappa shape index (κ3) is 3.84. The summed E-state index contributed by atoms with van der Waals surface area (Å²) in [5.74, 6) is -0.104. The zero-order valence-electron chi connectivity index (χ0n) is 16.8. The van der Waals surface area contributed by atoms with Crippen LogP contribution in [0.5, 0.6) is 0 Å². The van der Waals surface area contributed by atoms with Crippen LogP contribution in [0.2, 0.25) is 0 Å². The van der Waals surface area contributed by atoms with Crippen molar-refractivity contribution in [1.82, 2.24) is 0 Å². The van der Waals surface area contributed by atoms with Crippen LogP contribution in [-0.4, -0.2) is 31.7 Å². The van der Waals surface area contributed by atoms with Crippen molar-refractivity contribution in [2.75, 3.05) is 34.8 Å². The number of fused-ring (bicyclic) bond motifs is 2. The minimum absolute atomic E-state index is 0.104. The molecule has 3 aromatic rings. The number of carbonyl (C=O) groups excluding carboxylic acids is 2. The summed E-state index contributed by atoms with van der Waals surface area (Å²) in [6, 6.07) is 23.8. The van der Waals surface area contributed by atoms with Crippen LogP contribution in [0.15, 0.2) is 82.6 Å². The minimum Gasteiger partial charge on any atom is -0.447 e. The molecule has 0 spiro atoms. The average Bonchev–Trinajstić information content (AvgIpc) is 3.22. The van der Waals surface area contributed by atoms with Crippen LogP contribution < -0.4 is 15.1 Å². The molecule has 2 aliphatic heterocycles. The topological polar surface area (TPSA) is 61.9 Å². The smallest absolute Gasteiger partial charge is 0.414 e. The lowest BCUT2D eigenvalue weighted by atomic mass is 10.2. The highest BCUT2D eigenvalue weighted by atomic mass is 32.2. The Morgan fingerprint density at radius 1 is 0.903 bits per heavy atom. The molecule has 6 nitrogen and oxygen atoms in total. The van der Waals surface area contributed by atoms with Crippen LogP contribution in [0.25, 0.3) is 0 Å². The SMILES string of the molecule is O=C(CCN1c2ccccc2Sc2ccccc21)Nc1ccccc1N1CCOC1=O. The lowest BCUT2D eigenvalue weighted by Gasteiger charge is -2.32. The second-order valence-corrected chi connectivity index (χ2v) is 8.35. The average molecular weight is 432 g/mol. The van der Waals surface area contributed by atoms with E-state index in [4.69, 9.17) is 4.74 Å². The Hall–Kier alpha value is -3.45. The summed E-state index contributed by atoms with van der Waals surface area (Å²) in [7, 11) is 0. The van der Waals surface area contributed by atoms with Gasteiger partial charge < -0.3 is 15.0 Å². The van der Waals surface area contributed by atoms with Gasteiger partial charge in [0.2, 0.25) is 5.91 Å². The normalized spacial score (nSPS) is 14.6. The van der Waals surface area contributed by atoms with Gasteiger partial charge in [0.1, 0.15) is 6.61 Å². The molecule has 0 saturated carbocycles. The quantitative estimate of drug-likeness (QED) is 0.596. The number of nitrogens with one attached hydrogen (secondary N) is 1. The van der Waals surface area contributed by atoms with Crippen molar-refractivity contribution in [2.24, 2.45) is 0 Å². The zero-order chi connectivity index (χ0) is 21.2. The Kier molecular flexibility index (Phi) is 5.26. The number of nitrogens with zero attached hydrogens (tertiary/aromatic N) is 2. The summed E-state index contributed by atoms with van der Waals surface area (Å²) in [5.41, 5.74) is 3.49. The standard InChI is InChI=1S/C24H21N3O3S/c28-23(25-17-7-1-2-8-18(17)27-15-16-30-24(27)29)13-14-26-19-9-3-5-11-21(19)31-22-12-6-4-10-20(22)26/h1-12H,13-16H2,(H,25,28). The van der Waals surface area contributed by atoms with E-state index < -0.39 is 0 Å². The Balaban J connectivity index is 1.33. The first-order valence-corrected chi connectivity index (χ1v) is 11.0. The molecule has 1 fully saturated rings. The van der Waals surface area contributed by atoms with E-state index in [1.165, 1.54) is 9.79 Å². The fraction of sp³-hybridized carbons (Fsp3) is 0.167. The van der Waals surface area contributed by atoms with Crippen molar-refractivity contribution in [3.05, 3.63) is 72.8 Å². The number of cyclic esters (lactones) is 1. The molecule has 0 aromatic heterocycles. The molecule has 0 aliphatic carbocycles. The molecule has 5 rings (SSSR count). The van der Waals surface area contributed by atoms with Crippen molar-refractivity contribution in [2.45, 2.75) is 16.2 Å². The number of amides is 2. The van der Waals surface area contributed by atoms with Crippen molar-refractivity contribution < 1.29 is 14.3 Å². The summed E-state index contributed by atoms with van der Waals surface area (Å²) in [5, 5.41) is 2.98. The second kappa shape index (κ2) is 8.35. The Morgan fingerprint density at radius 3 is 2.16 bits per heavy atom. The number of hydrogen-bond donors (Lipinski definition) is 1. The highest BCUT2D eigenvalue weighted by Gasteiger charge is 2.26. The number of ether oxygens (including phenoxy) is 1. The highest BCUT2D eigenvalue weighted by Crippen LogP contribution is 2.47. The van der Waals surface area contributed by atoms with Gasteiger partial charge in [-0.25, -0.2) is 4.79 Å². The largest absolute Gasteiger partial charge is 0.447 e. The molecule has 31 heavy (non-hydrogen) atoms. The molecule has 0 radical (unpaired) electrons. The lowest BCUT2D eigenvalue weighted by molar-refractivity contribution is -0.116. The van der Waals surface area contributed by atoms with E-state index in [0.29, 0.717) is 37.5 Å². The van der Waals surface area contributed by atoms with Gasteiger partial charge in [-0.2, -0.15) is 0 Å². The van der Waals surface area contributed by atoms with Gasteiger partial charge >= 0.3 is 6.09 Å². The molecule has 0 bridgehead atoms. The molecular formula is C24H21N3O3S. The van der Waals surface area contributed by atoms with E-state index in [2.05, 4.69) is 34.5 Å². The number of rotatable bonds is 5. The fourth-order valence-corrected chi connectivity index (χ4v) is 4.97. The van der Waals surface area contributed by atoms with Gasteiger partial charge in [0.15, 0.2) is 0 Å². The van der Waals surface area contributed by atoms with Crippen LogP contribution >= 0.6 is 11.8 Å². The van der Waals surface area contributed by atoms with E-state index in [-0.39, 0.29) is 12.0 Å². The van der Waals surface area contributed by atoms with Crippen LogP contribution in [0.4, 0.5) is 27.5 Å². The van der Waals surface area contributed by atoms with Gasteiger partial charge in [-0.15, -0.1) is 0 Å². The summed E-state index contributed by atoms with van der Waals surface area (Å²) in [4.78, 5) is 30.9. The predicted octanol–water partition coefficient (Wildman–Crippen LogP) is 5.27. The Bertz CT molecular complexity index is 1100. The molecule has 0 atom stereocenters. The molecule has 7 heteroatoms. The third-order valence-corrected chi connectivity index (χ3v) is 6.45.